The summed E-state index contributed by atoms with van der Waals surface area (Å²) in [5, 5.41) is 7.16. The standard InChI is InChI=1S/C31H34N2O/c1-3-19-11-8-12-20(4-2)29(19)33-31(34)24-15-16-26-25(18-24)27-22-13-14-23(17-22)28(27)30(32-26)21-9-6-5-7-10-21/h5-12,15-16,18,22-23,27-28,30,32H,3-4,13-14,17H2,1-2H3,(H,33,34)/t22-,23-,27-,28+,30-/m0/s1. The molecule has 174 valence electrons. The van der Waals surface area contributed by atoms with Gasteiger partial charge in [-0.05, 0) is 96.2 Å². The average Bonchev–Trinajstić information content (AvgIpc) is 3.51. The number of para-hydroxylation sites is 1. The van der Waals surface area contributed by atoms with Crippen molar-refractivity contribution < 1.29 is 4.79 Å². The Morgan fingerprint density at radius 3 is 2.38 bits per heavy atom. The summed E-state index contributed by atoms with van der Waals surface area (Å²) < 4.78 is 0. The Balaban J connectivity index is 1.35. The van der Waals surface area contributed by atoms with Crippen LogP contribution in [0, 0.1) is 17.8 Å². The molecule has 2 bridgehead atoms. The maximum atomic E-state index is 13.4. The Labute approximate surface area is 203 Å². The summed E-state index contributed by atoms with van der Waals surface area (Å²) >= 11 is 0. The summed E-state index contributed by atoms with van der Waals surface area (Å²) in [7, 11) is 0. The second-order valence-corrected chi connectivity index (χ2v) is 10.4. The summed E-state index contributed by atoms with van der Waals surface area (Å²) in [4.78, 5) is 13.4. The SMILES string of the molecule is CCc1cccc(CC)c1NC(=O)c1ccc2c(c1)[C@@H]1[C@H]3CC[C@@H](C3)[C@H]1[C@H](c1ccccc1)N2. The van der Waals surface area contributed by atoms with E-state index in [1.807, 2.05) is 6.07 Å². The maximum absolute atomic E-state index is 13.4. The molecule has 0 unspecified atom stereocenters. The smallest absolute Gasteiger partial charge is 0.255 e. The van der Waals surface area contributed by atoms with Gasteiger partial charge in [0.05, 0.1) is 6.04 Å². The Morgan fingerprint density at radius 1 is 0.912 bits per heavy atom. The topological polar surface area (TPSA) is 41.1 Å². The van der Waals surface area contributed by atoms with E-state index in [0.717, 1.165) is 35.9 Å². The van der Waals surface area contributed by atoms with E-state index in [1.54, 1.807) is 0 Å². The number of amides is 1. The van der Waals surface area contributed by atoms with Crippen molar-refractivity contribution in [3.05, 3.63) is 94.5 Å². The van der Waals surface area contributed by atoms with Crippen molar-refractivity contribution in [2.45, 2.75) is 57.9 Å². The van der Waals surface area contributed by atoms with E-state index in [4.69, 9.17) is 0 Å². The van der Waals surface area contributed by atoms with Gasteiger partial charge in [-0.2, -0.15) is 0 Å². The molecule has 3 aromatic carbocycles. The Bertz CT molecular complexity index is 1200. The number of hydrogen-bond donors (Lipinski definition) is 2. The van der Waals surface area contributed by atoms with E-state index < -0.39 is 0 Å². The zero-order valence-electron chi connectivity index (χ0n) is 20.2. The van der Waals surface area contributed by atoms with E-state index >= 15 is 0 Å². The predicted octanol–water partition coefficient (Wildman–Crippen LogP) is 7.36. The van der Waals surface area contributed by atoms with Crippen molar-refractivity contribution in [3.63, 3.8) is 0 Å². The Kier molecular flexibility index (Phi) is 5.44. The fraction of sp³-hybridized carbons (Fsp3) is 0.387. The van der Waals surface area contributed by atoms with E-state index in [0.29, 0.717) is 17.9 Å². The third kappa shape index (κ3) is 3.45. The van der Waals surface area contributed by atoms with Crippen LogP contribution in [0.1, 0.15) is 77.7 Å². The fourth-order valence-corrected chi connectivity index (χ4v) is 7.21. The maximum Gasteiger partial charge on any atom is 0.255 e. The molecule has 3 aliphatic rings. The zero-order valence-corrected chi connectivity index (χ0v) is 20.2. The Morgan fingerprint density at radius 2 is 1.65 bits per heavy atom. The average molecular weight is 451 g/mol. The third-order valence-electron chi connectivity index (χ3n) is 8.75. The number of benzene rings is 3. The van der Waals surface area contributed by atoms with Crippen LogP contribution in [-0.4, -0.2) is 5.91 Å². The number of rotatable bonds is 5. The lowest BCUT2D eigenvalue weighted by Gasteiger charge is -2.43. The van der Waals surface area contributed by atoms with Crippen LogP contribution in [-0.2, 0) is 12.8 Å². The first-order chi connectivity index (χ1) is 16.7. The van der Waals surface area contributed by atoms with Gasteiger partial charge in [0.25, 0.3) is 5.91 Å². The molecule has 3 aromatic rings. The van der Waals surface area contributed by atoms with Gasteiger partial charge in [-0.1, -0.05) is 62.4 Å². The van der Waals surface area contributed by atoms with Gasteiger partial charge in [-0.3, -0.25) is 4.79 Å². The third-order valence-corrected chi connectivity index (χ3v) is 8.75. The summed E-state index contributed by atoms with van der Waals surface area (Å²) in [5.41, 5.74) is 8.13. The Hall–Kier alpha value is -3.07. The molecule has 1 heterocycles. The summed E-state index contributed by atoms with van der Waals surface area (Å²) in [5.74, 6) is 2.68. The lowest BCUT2D eigenvalue weighted by Crippen LogP contribution is -2.35. The number of carbonyl (C=O) groups is 1. The molecule has 2 fully saturated rings. The highest BCUT2D eigenvalue weighted by Crippen LogP contribution is 2.63. The van der Waals surface area contributed by atoms with Crippen LogP contribution in [0.3, 0.4) is 0 Å². The molecule has 6 rings (SSSR count). The van der Waals surface area contributed by atoms with Crippen LogP contribution < -0.4 is 10.6 Å². The molecule has 0 spiro atoms. The number of anilines is 2. The van der Waals surface area contributed by atoms with E-state index in [9.17, 15) is 4.79 Å². The molecule has 2 aliphatic carbocycles. The quantitative estimate of drug-likeness (QED) is 0.426. The second-order valence-electron chi connectivity index (χ2n) is 10.4. The molecule has 3 nitrogen and oxygen atoms in total. The van der Waals surface area contributed by atoms with Crippen LogP contribution in [0.25, 0.3) is 0 Å². The first-order valence-electron chi connectivity index (χ1n) is 13.1. The van der Waals surface area contributed by atoms with Crippen molar-refractivity contribution >= 4 is 17.3 Å². The molecule has 0 aromatic heterocycles. The highest BCUT2D eigenvalue weighted by molar-refractivity contribution is 6.05. The molecule has 0 saturated heterocycles. The molecule has 5 atom stereocenters. The van der Waals surface area contributed by atoms with Crippen LogP contribution in [0.4, 0.5) is 11.4 Å². The number of fused-ring (bicyclic) bond motifs is 7. The fourth-order valence-electron chi connectivity index (χ4n) is 7.21. The van der Waals surface area contributed by atoms with Gasteiger partial charge in [0.1, 0.15) is 0 Å². The van der Waals surface area contributed by atoms with Crippen molar-refractivity contribution in [1.29, 1.82) is 0 Å². The number of nitrogens with one attached hydrogen (secondary N) is 2. The molecular weight excluding hydrogens is 416 g/mol. The number of hydrogen-bond acceptors (Lipinski definition) is 2. The molecule has 0 radical (unpaired) electrons. The molecule has 2 N–H and O–H groups in total. The molecule has 1 amide bonds. The van der Waals surface area contributed by atoms with Crippen LogP contribution in [0.15, 0.2) is 66.7 Å². The first kappa shape index (κ1) is 21.5. The first-order valence-corrected chi connectivity index (χ1v) is 13.1. The van der Waals surface area contributed by atoms with Crippen molar-refractivity contribution in [1.82, 2.24) is 0 Å². The predicted molar refractivity (Wildman–Crippen MR) is 139 cm³/mol. The van der Waals surface area contributed by atoms with E-state index in [1.165, 1.54) is 47.2 Å². The minimum Gasteiger partial charge on any atom is -0.378 e. The van der Waals surface area contributed by atoms with Crippen LogP contribution in [0.5, 0.6) is 0 Å². The lowest BCUT2D eigenvalue weighted by molar-refractivity contribution is 0.102. The van der Waals surface area contributed by atoms with Crippen molar-refractivity contribution in [2.24, 2.45) is 17.8 Å². The largest absolute Gasteiger partial charge is 0.378 e. The van der Waals surface area contributed by atoms with Gasteiger partial charge >= 0.3 is 0 Å². The van der Waals surface area contributed by atoms with Gasteiger partial charge in [-0.25, -0.2) is 0 Å². The van der Waals surface area contributed by atoms with Gasteiger partial charge in [-0.15, -0.1) is 0 Å². The van der Waals surface area contributed by atoms with Crippen LogP contribution >= 0.6 is 0 Å². The monoisotopic (exact) mass is 450 g/mol. The van der Waals surface area contributed by atoms with Crippen molar-refractivity contribution in [2.75, 3.05) is 10.6 Å². The van der Waals surface area contributed by atoms with E-state index in [-0.39, 0.29) is 5.91 Å². The highest BCUT2D eigenvalue weighted by Gasteiger charge is 2.53. The van der Waals surface area contributed by atoms with E-state index in [2.05, 4.69) is 85.1 Å². The summed E-state index contributed by atoms with van der Waals surface area (Å²) in [6.07, 6.45) is 5.82. The molecule has 1 aliphatic heterocycles. The highest BCUT2D eigenvalue weighted by atomic mass is 16.1. The van der Waals surface area contributed by atoms with Gasteiger partial charge in [0.15, 0.2) is 0 Å². The number of carbonyl (C=O) groups excluding carboxylic acids is 1. The molecule has 2 saturated carbocycles. The van der Waals surface area contributed by atoms with Crippen molar-refractivity contribution in [3.8, 4) is 0 Å². The summed E-state index contributed by atoms with van der Waals surface area (Å²) in [6.45, 7) is 4.29. The summed E-state index contributed by atoms with van der Waals surface area (Å²) in [6, 6.07) is 24.0. The normalized spacial score (nSPS) is 26.5. The van der Waals surface area contributed by atoms with Gasteiger partial charge in [0, 0.05) is 16.9 Å². The zero-order chi connectivity index (χ0) is 23.2. The van der Waals surface area contributed by atoms with Gasteiger partial charge < -0.3 is 10.6 Å². The molecule has 34 heavy (non-hydrogen) atoms. The second kappa shape index (κ2) is 8.61. The minimum absolute atomic E-state index is 0.00305. The lowest BCUT2D eigenvalue weighted by atomic mass is 9.68. The molecular formula is C31H34N2O. The van der Waals surface area contributed by atoms with Gasteiger partial charge in [0.2, 0.25) is 0 Å². The molecule has 3 heteroatoms. The number of aryl methyl sites for hydroxylation is 2. The minimum atomic E-state index is 0.00305. The van der Waals surface area contributed by atoms with Crippen LogP contribution in [0.2, 0.25) is 0 Å².